The van der Waals surface area contributed by atoms with Gasteiger partial charge in [-0.15, -0.1) is 0 Å². The molecule has 0 aliphatic rings. The van der Waals surface area contributed by atoms with E-state index in [0.717, 1.165) is 122 Å². The number of phosphoric acid groups is 1. The monoisotopic (exact) mass is 977 g/mol. The summed E-state index contributed by atoms with van der Waals surface area (Å²) >= 11 is 0. The SMILES string of the molecule is CC/C=C\C/C=C\C/C=C\CCCCCC(=O)OC(CO)COP(=O)(O)OCC(COC(=O)CCCCCCC/C=C\C/C=C\CCC)OC(=O)CCCCCCC/C=C\CCCCCCCC. The summed E-state index contributed by atoms with van der Waals surface area (Å²) in [7, 11) is -4.76. The number of esters is 3. The number of ether oxygens (including phenoxy) is 3. The molecule has 12 heteroatoms. The van der Waals surface area contributed by atoms with Crippen LogP contribution in [0.5, 0.6) is 0 Å². The maximum Gasteiger partial charge on any atom is 0.472 e. The van der Waals surface area contributed by atoms with Crippen molar-refractivity contribution in [2.24, 2.45) is 0 Å². The highest BCUT2D eigenvalue weighted by atomic mass is 31.2. The molecule has 3 unspecified atom stereocenters. The number of carbonyl (C=O) groups is 3. The van der Waals surface area contributed by atoms with Crippen molar-refractivity contribution >= 4 is 25.7 Å². The largest absolute Gasteiger partial charge is 0.472 e. The topological polar surface area (TPSA) is 155 Å². The van der Waals surface area contributed by atoms with Gasteiger partial charge in [0.1, 0.15) is 12.7 Å². The lowest BCUT2D eigenvalue weighted by Crippen LogP contribution is -2.30. The number of hydrogen-bond acceptors (Lipinski definition) is 10. The van der Waals surface area contributed by atoms with Crippen LogP contribution in [0.2, 0.25) is 0 Å². The summed E-state index contributed by atoms with van der Waals surface area (Å²) in [5, 5.41) is 9.77. The zero-order chi connectivity index (χ0) is 49.9. The van der Waals surface area contributed by atoms with Crippen LogP contribution >= 0.6 is 7.82 Å². The Kier molecular flexibility index (Phi) is 48.0. The first-order valence-electron chi connectivity index (χ1n) is 26.8. The smallest absolute Gasteiger partial charge is 0.462 e. The minimum absolute atomic E-state index is 0.139. The first-order valence-corrected chi connectivity index (χ1v) is 28.3. The Morgan fingerprint density at radius 3 is 1.26 bits per heavy atom. The zero-order valence-electron chi connectivity index (χ0n) is 43.1. The van der Waals surface area contributed by atoms with E-state index < -0.39 is 57.8 Å². The van der Waals surface area contributed by atoms with Crippen LogP contribution in [0.3, 0.4) is 0 Å². The molecule has 0 saturated carbocycles. The van der Waals surface area contributed by atoms with Crippen LogP contribution in [0, 0.1) is 0 Å². The highest BCUT2D eigenvalue weighted by molar-refractivity contribution is 7.47. The number of aliphatic hydroxyl groups excluding tert-OH is 1. The van der Waals surface area contributed by atoms with Crippen molar-refractivity contribution in [1.29, 1.82) is 0 Å². The molecule has 0 aromatic heterocycles. The number of rotatable bonds is 49. The number of allylic oxidation sites excluding steroid dienone is 12. The fraction of sp³-hybridized carbons (Fsp3) is 0.732. The number of phosphoric ester groups is 1. The third-order valence-electron chi connectivity index (χ3n) is 11.1. The molecule has 0 bridgehead atoms. The summed E-state index contributed by atoms with van der Waals surface area (Å²) in [5.74, 6) is -1.52. The van der Waals surface area contributed by atoms with Crippen molar-refractivity contribution in [3.63, 3.8) is 0 Å². The molecule has 0 radical (unpaired) electrons. The molecule has 0 aromatic rings. The fourth-order valence-electron chi connectivity index (χ4n) is 6.99. The molecule has 392 valence electrons. The molecule has 0 rings (SSSR count). The minimum atomic E-state index is -4.76. The quantitative estimate of drug-likeness (QED) is 0.0197. The number of hydrogen-bond donors (Lipinski definition) is 2. The van der Waals surface area contributed by atoms with E-state index in [1.165, 1.54) is 44.9 Å². The van der Waals surface area contributed by atoms with Gasteiger partial charge in [0, 0.05) is 19.3 Å². The van der Waals surface area contributed by atoms with E-state index in [9.17, 15) is 28.9 Å². The van der Waals surface area contributed by atoms with E-state index in [-0.39, 0.29) is 25.9 Å². The molecular weight excluding hydrogens is 880 g/mol. The van der Waals surface area contributed by atoms with Gasteiger partial charge in [-0.1, -0.05) is 177 Å². The molecular formula is C56H97O11P. The molecule has 0 saturated heterocycles. The summed E-state index contributed by atoms with van der Waals surface area (Å²) in [5.41, 5.74) is 0. The first kappa shape index (κ1) is 64.9. The fourth-order valence-corrected chi connectivity index (χ4v) is 7.77. The maximum atomic E-state index is 12.9. The summed E-state index contributed by atoms with van der Waals surface area (Å²) in [4.78, 5) is 48.3. The van der Waals surface area contributed by atoms with E-state index in [2.05, 4.69) is 93.7 Å². The van der Waals surface area contributed by atoms with Crippen molar-refractivity contribution in [3.05, 3.63) is 72.9 Å². The van der Waals surface area contributed by atoms with Crippen LogP contribution in [0.4, 0.5) is 0 Å². The average Bonchev–Trinajstić information content (AvgIpc) is 3.32. The summed E-state index contributed by atoms with van der Waals surface area (Å²) in [6.07, 6.45) is 54.4. The normalized spacial score (nSPS) is 14.0. The molecule has 68 heavy (non-hydrogen) atoms. The van der Waals surface area contributed by atoms with Crippen LogP contribution in [0.1, 0.15) is 226 Å². The third kappa shape index (κ3) is 48.0. The number of carbonyl (C=O) groups excluding carboxylic acids is 3. The highest BCUT2D eigenvalue weighted by Gasteiger charge is 2.28. The Balaban J connectivity index is 4.79. The Hall–Kier alpha value is -3.08. The molecule has 0 amide bonds. The van der Waals surface area contributed by atoms with Crippen LogP contribution < -0.4 is 0 Å². The molecule has 3 atom stereocenters. The van der Waals surface area contributed by atoms with Gasteiger partial charge in [0.2, 0.25) is 0 Å². The third-order valence-corrected chi connectivity index (χ3v) is 12.0. The van der Waals surface area contributed by atoms with Gasteiger partial charge < -0.3 is 24.2 Å². The van der Waals surface area contributed by atoms with Crippen LogP contribution in [-0.4, -0.2) is 66.5 Å². The van der Waals surface area contributed by atoms with Gasteiger partial charge in [-0.3, -0.25) is 23.4 Å². The number of aliphatic hydroxyl groups is 1. The van der Waals surface area contributed by atoms with E-state index in [1.807, 2.05) is 0 Å². The van der Waals surface area contributed by atoms with E-state index >= 15 is 0 Å². The molecule has 0 aromatic carbocycles. The van der Waals surface area contributed by atoms with Gasteiger partial charge in [0.05, 0.1) is 19.8 Å². The van der Waals surface area contributed by atoms with Crippen molar-refractivity contribution in [2.45, 2.75) is 238 Å². The van der Waals surface area contributed by atoms with E-state index in [4.69, 9.17) is 23.3 Å². The van der Waals surface area contributed by atoms with Gasteiger partial charge in [0.25, 0.3) is 0 Å². The van der Waals surface area contributed by atoms with Crippen molar-refractivity contribution < 1.29 is 52.2 Å². The lowest BCUT2D eigenvalue weighted by molar-refractivity contribution is -0.161. The Morgan fingerprint density at radius 2 is 0.794 bits per heavy atom. The first-order chi connectivity index (χ1) is 33.2. The molecule has 2 N–H and O–H groups in total. The van der Waals surface area contributed by atoms with Crippen molar-refractivity contribution in [1.82, 2.24) is 0 Å². The number of unbranched alkanes of at least 4 members (excludes halogenated alkanes) is 20. The van der Waals surface area contributed by atoms with Crippen LogP contribution in [0.15, 0.2) is 72.9 Å². The minimum Gasteiger partial charge on any atom is -0.462 e. The van der Waals surface area contributed by atoms with Gasteiger partial charge >= 0.3 is 25.7 Å². The molecule has 0 aliphatic heterocycles. The van der Waals surface area contributed by atoms with Gasteiger partial charge in [0.15, 0.2) is 6.10 Å². The summed E-state index contributed by atoms with van der Waals surface area (Å²) in [6, 6.07) is 0. The molecule has 0 fully saturated rings. The van der Waals surface area contributed by atoms with Crippen LogP contribution in [-0.2, 0) is 42.2 Å². The Bertz CT molecular complexity index is 1420. The second-order valence-corrected chi connectivity index (χ2v) is 19.1. The second-order valence-electron chi connectivity index (χ2n) is 17.7. The zero-order valence-corrected chi connectivity index (χ0v) is 43.9. The lowest BCUT2D eigenvalue weighted by atomic mass is 10.1. The lowest BCUT2D eigenvalue weighted by Gasteiger charge is -2.21. The summed E-state index contributed by atoms with van der Waals surface area (Å²) < 4.78 is 39.3. The van der Waals surface area contributed by atoms with Crippen molar-refractivity contribution in [2.75, 3.05) is 26.4 Å². The van der Waals surface area contributed by atoms with Gasteiger partial charge in [-0.05, 0) is 103 Å². The predicted octanol–water partition coefficient (Wildman–Crippen LogP) is 15.4. The molecule has 0 heterocycles. The Labute approximate surface area is 414 Å². The van der Waals surface area contributed by atoms with Crippen LogP contribution in [0.25, 0.3) is 0 Å². The Morgan fingerprint density at radius 1 is 0.426 bits per heavy atom. The average molecular weight is 977 g/mol. The predicted molar refractivity (Wildman–Crippen MR) is 279 cm³/mol. The molecule has 11 nitrogen and oxygen atoms in total. The van der Waals surface area contributed by atoms with E-state index in [1.54, 1.807) is 0 Å². The van der Waals surface area contributed by atoms with Crippen molar-refractivity contribution in [3.8, 4) is 0 Å². The highest BCUT2D eigenvalue weighted by Crippen LogP contribution is 2.43. The maximum absolute atomic E-state index is 12.9. The van der Waals surface area contributed by atoms with E-state index in [0.29, 0.717) is 19.3 Å². The molecule has 0 spiro atoms. The van der Waals surface area contributed by atoms with Gasteiger partial charge in [-0.25, -0.2) is 4.57 Å². The van der Waals surface area contributed by atoms with Gasteiger partial charge in [-0.2, -0.15) is 0 Å². The summed E-state index contributed by atoms with van der Waals surface area (Å²) in [6.45, 7) is 4.39. The second kappa shape index (κ2) is 50.3. The molecule has 0 aliphatic carbocycles. The standard InChI is InChI=1S/C56H97O11P/c1-4-7-10-13-16-19-22-25-26-29-32-35-38-41-44-47-56(60)67-53(49-63-54(58)45-42-39-36-33-30-27-23-20-17-14-11-8-5-2)51-65-68(61,62)64-50-52(48-57)66-55(59)46-43-40-37-34-31-28-24-21-18-15-12-9-6-3/h9,11-12,14,18,20-21,23,25-26,28,31,52-53,57H,4-8,10,13,15-17,19,22,24,27,29-30,32-51H2,1-3H3,(H,61,62)/b12-9-,14-11-,21-18-,23-20-,26-25-,31-28-.